The lowest BCUT2D eigenvalue weighted by molar-refractivity contribution is 0.0340. The molecule has 0 unspecified atom stereocenters. The SMILES string of the molecule is C=Cc1ccccc1CNOCCCCCCCCCC. The summed E-state index contributed by atoms with van der Waals surface area (Å²) in [6, 6.07) is 8.25. The van der Waals surface area contributed by atoms with E-state index in [0.29, 0.717) is 0 Å². The Morgan fingerprint density at radius 3 is 2.38 bits per heavy atom. The highest BCUT2D eigenvalue weighted by Crippen LogP contribution is 2.10. The van der Waals surface area contributed by atoms with Gasteiger partial charge in [0, 0.05) is 6.54 Å². The Kier molecular flexibility index (Phi) is 10.8. The Morgan fingerprint density at radius 1 is 1.00 bits per heavy atom. The maximum absolute atomic E-state index is 5.50. The molecular formula is C19H31NO. The first-order valence-electron chi connectivity index (χ1n) is 8.43. The van der Waals surface area contributed by atoms with Gasteiger partial charge in [0.05, 0.1) is 6.61 Å². The quantitative estimate of drug-likeness (QED) is 0.383. The van der Waals surface area contributed by atoms with E-state index in [1.54, 1.807) is 0 Å². The number of hydrogen-bond donors (Lipinski definition) is 1. The Labute approximate surface area is 130 Å². The minimum Gasteiger partial charge on any atom is -0.301 e. The predicted octanol–water partition coefficient (Wildman–Crippen LogP) is 5.49. The average molecular weight is 289 g/mol. The van der Waals surface area contributed by atoms with Crippen LogP contribution in [0.2, 0.25) is 0 Å². The van der Waals surface area contributed by atoms with Crippen molar-refractivity contribution in [1.82, 2.24) is 5.48 Å². The largest absolute Gasteiger partial charge is 0.301 e. The third-order valence-electron chi connectivity index (χ3n) is 3.74. The van der Waals surface area contributed by atoms with Crippen LogP contribution in [0.4, 0.5) is 0 Å². The summed E-state index contributed by atoms with van der Waals surface area (Å²) in [5, 5.41) is 0. The Morgan fingerprint density at radius 2 is 1.67 bits per heavy atom. The standard InChI is InChI=1S/C19H31NO/c1-3-5-6-7-8-9-10-13-16-21-20-17-19-15-12-11-14-18(19)4-2/h4,11-12,14-15,20H,2-3,5-10,13,16-17H2,1H3. The van der Waals surface area contributed by atoms with Crippen LogP contribution in [-0.4, -0.2) is 6.61 Å². The molecule has 0 aliphatic rings. The summed E-state index contributed by atoms with van der Waals surface area (Å²) >= 11 is 0. The molecule has 0 heterocycles. The molecule has 1 rings (SSSR count). The minimum absolute atomic E-state index is 0.735. The number of nitrogens with one attached hydrogen (secondary N) is 1. The first-order chi connectivity index (χ1) is 10.4. The van der Waals surface area contributed by atoms with E-state index >= 15 is 0 Å². The molecule has 0 fully saturated rings. The van der Waals surface area contributed by atoms with Gasteiger partial charge in [-0.1, -0.05) is 88.8 Å². The van der Waals surface area contributed by atoms with Crippen LogP contribution in [0.3, 0.4) is 0 Å². The smallest absolute Gasteiger partial charge is 0.0682 e. The molecule has 1 aromatic rings. The van der Waals surface area contributed by atoms with E-state index in [1.165, 1.54) is 56.1 Å². The average Bonchev–Trinajstić information content (AvgIpc) is 2.53. The summed E-state index contributed by atoms with van der Waals surface area (Å²) in [5.74, 6) is 0. The van der Waals surface area contributed by atoms with Crippen LogP contribution in [0.25, 0.3) is 6.08 Å². The van der Waals surface area contributed by atoms with E-state index in [2.05, 4.69) is 31.1 Å². The molecule has 1 aromatic carbocycles. The molecule has 0 atom stereocenters. The van der Waals surface area contributed by atoms with Gasteiger partial charge in [-0.25, -0.2) is 0 Å². The lowest BCUT2D eigenvalue weighted by Gasteiger charge is -2.08. The molecule has 2 heteroatoms. The normalized spacial score (nSPS) is 10.7. The monoisotopic (exact) mass is 289 g/mol. The van der Waals surface area contributed by atoms with Gasteiger partial charge in [0.25, 0.3) is 0 Å². The maximum Gasteiger partial charge on any atom is 0.0682 e. The molecule has 21 heavy (non-hydrogen) atoms. The van der Waals surface area contributed by atoms with E-state index < -0.39 is 0 Å². The van der Waals surface area contributed by atoms with Gasteiger partial charge in [0.15, 0.2) is 0 Å². The van der Waals surface area contributed by atoms with E-state index in [-0.39, 0.29) is 0 Å². The van der Waals surface area contributed by atoms with Gasteiger partial charge < -0.3 is 4.84 Å². The van der Waals surface area contributed by atoms with Gasteiger partial charge in [0.2, 0.25) is 0 Å². The van der Waals surface area contributed by atoms with Gasteiger partial charge in [-0.15, -0.1) is 0 Å². The van der Waals surface area contributed by atoms with Gasteiger partial charge in [-0.05, 0) is 17.5 Å². The van der Waals surface area contributed by atoms with Crippen LogP contribution in [-0.2, 0) is 11.4 Å². The van der Waals surface area contributed by atoms with Crippen molar-refractivity contribution in [2.75, 3.05) is 6.61 Å². The van der Waals surface area contributed by atoms with Crippen molar-refractivity contribution < 1.29 is 4.84 Å². The summed E-state index contributed by atoms with van der Waals surface area (Å²) in [7, 11) is 0. The van der Waals surface area contributed by atoms with Crippen molar-refractivity contribution in [3.63, 3.8) is 0 Å². The topological polar surface area (TPSA) is 21.3 Å². The lowest BCUT2D eigenvalue weighted by atomic mass is 10.1. The first kappa shape index (κ1) is 17.9. The van der Waals surface area contributed by atoms with Crippen LogP contribution in [0.1, 0.15) is 69.4 Å². The van der Waals surface area contributed by atoms with Crippen molar-refractivity contribution in [1.29, 1.82) is 0 Å². The molecule has 0 bridgehead atoms. The molecule has 118 valence electrons. The molecule has 2 nitrogen and oxygen atoms in total. The molecule has 1 N–H and O–H groups in total. The van der Waals surface area contributed by atoms with E-state index in [0.717, 1.165) is 19.6 Å². The first-order valence-corrected chi connectivity index (χ1v) is 8.43. The van der Waals surface area contributed by atoms with Crippen LogP contribution in [0, 0.1) is 0 Å². The number of benzene rings is 1. The van der Waals surface area contributed by atoms with Gasteiger partial charge in [-0.2, -0.15) is 5.48 Å². The van der Waals surface area contributed by atoms with E-state index in [4.69, 9.17) is 4.84 Å². The molecule has 0 aliphatic heterocycles. The molecule has 0 aliphatic carbocycles. The second kappa shape index (κ2) is 12.6. The van der Waals surface area contributed by atoms with Gasteiger partial charge in [-0.3, -0.25) is 0 Å². The summed E-state index contributed by atoms with van der Waals surface area (Å²) < 4.78 is 0. The van der Waals surface area contributed by atoms with Crippen molar-refractivity contribution in [3.8, 4) is 0 Å². The van der Waals surface area contributed by atoms with Gasteiger partial charge in [0.1, 0.15) is 0 Å². The van der Waals surface area contributed by atoms with E-state index in [9.17, 15) is 0 Å². The van der Waals surface area contributed by atoms with Gasteiger partial charge >= 0.3 is 0 Å². The Bertz CT molecular complexity index is 376. The van der Waals surface area contributed by atoms with Crippen molar-refractivity contribution in [2.24, 2.45) is 0 Å². The van der Waals surface area contributed by atoms with Crippen LogP contribution in [0.5, 0.6) is 0 Å². The summed E-state index contributed by atoms with van der Waals surface area (Å²) in [5.41, 5.74) is 5.44. The minimum atomic E-state index is 0.735. The van der Waals surface area contributed by atoms with Crippen LogP contribution in [0.15, 0.2) is 30.8 Å². The third-order valence-corrected chi connectivity index (χ3v) is 3.74. The predicted molar refractivity (Wildman–Crippen MR) is 91.9 cm³/mol. The maximum atomic E-state index is 5.50. The molecule has 0 aromatic heterocycles. The molecule has 0 amide bonds. The highest BCUT2D eigenvalue weighted by molar-refractivity contribution is 5.51. The Balaban J connectivity index is 1.94. The number of unbranched alkanes of at least 4 members (excludes halogenated alkanes) is 7. The second-order valence-corrected chi connectivity index (χ2v) is 5.55. The highest BCUT2D eigenvalue weighted by Gasteiger charge is 1.97. The molecule has 0 saturated carbocycles. The second-order valence-electron chi connectivity index (χ2n) is 5.55. The molecule has 0 radical (unpaired) electrons. The van der Waals surface area contributed by atoms with Crippen LogP contribution >= 0.6 is 0 Å². The Hall–Kier alpha value is -1.12. The van der Waals surface area contributed by atoms with Crippen molar-refractivity contribution in [2.45, 2.75) is 64.8 Å². The number of rotatable bonds is 13. The molecule has 0 saturated heterocycles. The summed E-state index contributed by atoms with van der Waals surface area (Å²) in [6.45, 7) is 7.62. The zero-order chi connectivity index (χ0) is 15.2. The third kappa shape index (κ3) is 8.69. The number of hydroxylamine groups is 1. The zero-order valence-electron chi connectivity index (χ0n) is 13.6. The summed E-state index contributed by atoms with van der Waals surface area (Å²) in [6.07, 6.45) is 12.5. The van der Waals surface area contributed by atoms with Crippen molar-refractivity contribution in [3.05, 3.63) is 42.0 Å². The fourth-order valence-electron chi connectivity index (χ4n) is 2.40. The fourth-order valence-corrected chi connectivity index (χ4v) is 2.40. The summed E-state index contributed by atoms with van der Waals surface area (Å²) in [4.78, 5) is 5.50. The van der Waals surface area contributed by atoms with Crippen LogP contribution < -0.4 is 5.48 Å². The van der Waals surface area contributed by atoms with E-state index in [1.807, 2.05) is 18.2 Å². The molecular weight excluding hydrogens is 258 g/mol. The number of hydrogen-bond acceptors (Lipinski definition) is 2. The fraction of sp³-hybridized carbons (Fsp3) is 0.579. The molecule has 0 spiro atoms. The lowest BCUT2D eigenvalue weighted by Crippen LogP contribution is -2.15. The van der Waals surface area contributed by atoms with Crippen molar-refractivity contribution >= 4 is 6.08 Å². The zero-order valence-corrected chi connectivity index (χ0v) is 13.6. The highest BCUT2D eigenvalue weighted by atomic mass is 16.6.